The molecule has 0 heterocycles. The molecule has 0 aliphatic carbocycles. The quantitative estimate of drug-likeness (QED) is 0.544. The van der Waals surface area contributed by atoms with Gasteiger partial charge < -0.3 is 20.1 Å². The van der Waals surface area contributed by atoms with Crippen molar-refractivity contribution in [3.63, 3.8) is 0 Å². The predicted octanol–water partition coefficient (Wildman–Crippen LogP) is 0.704. The molecule has 0 saturated carbocycles. The van der Waals surface area contributed by atoms with E-state index in [1.165, 1.54) is 6.42 Å². The highest BCUT2D eigenvalue weighted by atomic mass is 16.5. The molecule has 4 nitrogen and oxygen atoms in total. The van der Waals surface area contributed by atoms with E-state index in [-0.39, 0.29) is 6.10 Å². The Morgan fingerprint density at radius 1 is 1.31 bits per heavy atom. The van der Waals surface area contributed by atoms with E-state index < -0.39 is 0 Å². The number of hydrogen-bond donors (Lipinski definition) is 2. The number of methoxy groups -OCH3 is 1. The molecule has 1 atom stereocenters. The fourth-order valence-corrected chi connectivity index (χ4v) is 1.39. The molecule has 0 rings (SSSR count). The first-order chi connectivity index (χ1) is 7.57. The predicted molar refractivity (Wildman–Crippen MR) is 67.8 cm³/mol. The third-order valence-electron chi connectivity index (χ3n) is 2.73. The Labute approximate surface area is 100.0 Å². The number of unbranched alkanes of at least 4 members (excludes halogenated alkanes) is 1. The molecule has 0 aliphatic heterocycles. The molecule has 0 aromatic carbocycles. The van der Waals surface area contributed by atoms with Gasteiger partial charge in [0.1, 0.15) is 0 Å². The van der Waals surface area contributed by atoms with Crippen molar-refractivity contribution in [2.24, 2.45) is 0 Å². The van der Waals surface area contributed by atoms with Crippen molar-refractivity contribution in [3.8, 4) is 0 Å². The smallest absolute Gasteiger partial charge is 0.0897 e. The summed E-state index contributed by atoms with van der Waals surface area (Å²) in [7, 11) is 3.76. The highest BCUT2D eigenvalue weighted by molar-refractivity contribution is 4.60. The van der Waals surface area contributed by atoms with Crippen molar-refractivity contribution in [1.82, 2.24) is 10.2 Å². The minimum Gasteiger partial charge on any atom is -0.389 e. The lowest BCUT2D eigenvalue weighted by Crippen LogP contribution is -2.31. The molecule has 0 saturated heterocycles. The summed E-state index contributed by atoms with van der Waals surface area (Å²) < 4.78 is 4.84. The van der Waals surface area contributed by atoms with Crippen LogP contribution >= 0.6 is 0 Å². The van der Waals surface area contributed by atoms with Crippen molar-refractivity contribution >= 4 is 0 Å². The normalized spacial score (nSPS) is 13.7. The summed E-state index contributed by atoms with van der Waals surface area (Å²) in [6.07, 6.45) is 1.96. The second kappa shape index (κ2) is 10.0. The highest BCUT2D eigenvalue weighted by Crippen LogP contribution is 1.97. The zero-order chi connectivity index (χ0) is 12.4. The molecule has 0 bridgehead atoms. The number of nitrogens with one attached hydrogen (secondary N) is 1. The van der Waals surface area contributed by atoms with E-state index in [2.05, 4.69) is 31.1 Å². The Balaban J connectivity index is 3.21. The maximum Gasteiger partial charge on any atom is 0.0897 e. The first-order valence-electron chi connectivity index (χ1n) is 6.16. The Bertz CT molecular complexity index is 154. The van der Waals surface area contributed by atoms with E-state index >= 15 is 0 Å². The summed E-state index contributed by atoms with van der Waals surface area (Å²) in [6, 6.07) is 0.622. The van der Waals surface area contributed by atoms with Crippen molar-refractivity contribution in [3.05, 3.63) is 0 Å². The molecule has 4 heteroatoms. The zero-order valence-corrected chi connectivity index (χ0v) is 11.2. The molecular weight excluding hydrogens is 204 g/mol. The standard InChI is InChI=1S/C12H28N2O2/c1-11(2)14(3)8-6-5-7-13-9-12(15)10-16-4/h11-13,15H,5-10H2,1-4H3. The van der Waals surface area contributed by atoms with Gasteiger partial charge in [0, 0.05) is 19.7 Å². The number of aliphatic hydroxyl groups excluding tert-OH is 1. The molecular formula is C12H28N2O2. The molecule has 0 aliphatic rings. The monoisotopic (exact) mass is 232 g/mol. The molecule has 0 amide bonds. The molecule has 1 unspecified atom stereocenters. The fraction of sp³-hybridized carbons (Fsp3) is 1.00. The molecule has 0 aromatic rings. The minimum atomic E-state index is -0.386. The first kappa shape index (κ1) is 15.8. The zero-order valence-electron chi connectivity index (χ0n) is 11.2. The van der Waals surface area contributed by atoms with Crippen molar-refractivity contribution in [2.45, 2.75) is 38.8 Å². The first-order valence-corrected chi connectivity index (χ1v) is 6.16. The van der Waals surface area contributed by atoms with Crippen LogP contribution in [0.25, 0.3) is 0 Å². The van der Waals surface area contributed by atoms with Gasteiger partial charge in [0.05, 0.1) is 12.7 Å². The largest absolute Gasteiger partial charge is 0.389 e. The van der Waals surface area contributed by atoms with Gasteiger partial charge in [-0.05, 0) is 46.8 Å². The lowest BCUT2D eigenvalue weighted by atomic mass is 10.2. The van der Waals surface area contributed by atoms with Gasteiger partial charge in [-0.2, -0.15) is 0 Å². The summed E-state index contributed by atoms with van der Waals surface area (Å²) in [5.74, 6) is 0. The SMILES string of the molecule is COCC(O)CNCCCCN(C)C(C)C. The van der Waals surface area contributed by atoms with Crippen LogP contribution in [0.3, 0.4) is 0 Å². The van der Waals surface area contributed by atoms with Gasteiger partial charge in [-0.15, -0.1) is 0 Å². The van der Waals surface area contributed by atoms with Crippen molar-refractivity contribution < 1.29 is 9.84 Å². The van der Waals surface area contributed by atoms with Crippen LogP contribution in [-0.4, -0.2) is 62.6 Å². The van der Waals surface area contributed by atoms with Gasteiger partial charge in [-0.1, -0.05) is 0 Å². The van der Waals surface area contributed by atoms with E-state index in [4.69, 9.17) is 4.74 Å². The number of rotatable bonds is 10. The average molecular weight is 232 g/mol. The van der Waals surface area contributed by atoms with E-state index in [1.807, 2.05) is 0 Å². The van der Waals surface area contributed by atoms with Gasteiger partial charge >= 0.3 is 0 Å². The van der Waals surface area contributed by atoms with E-state index in [0.29, 0.717) is 19.2 Å². The topological polar surface area (TPSA) is 44.7 Å². The molecule has 2 N–H and O–H groups in total. The van der Waals surface area contributed by atoms with Gasteiger partial charge in [-0.25, -0.2) is 0 Å². The number of hydrogen-bond acceptors (Lipinski definition) is 4. The maximum atomic E-state index is 9.37. The Kier molecular flexibility index (Phi) is 9.92. The molecule has 0 radical (unpaired) electrons. The van der Waals surface area contributed by atoms with Crippen LogP contribution < -0.4 is 5.32 Å². The molecule has 0 spiro atoms. The van der Waals surface area contributed by atoms with E-state index in [1.54, 1.807) is 7.11 Å². The third-order valence-corrected chi connectivity index (χ3v) is 2.73. The van der Waals surface area contributed by atoms with Crippen LogP contribution in [0.15, 0.2) is 0 Å². The van der Waals surface area contributed by atoms with E-state index in [0.717, 1.165) is 19.5 Å². The van der Waals surface area contributed by atoms with Gasteiger partial charge in [0.15, 0.2) is 0 Å². The lowest BCUT2D eigenvalue weighted by molar-refractivity contribution is 0.0646. The Morgan fingerprint density at radius 3 is 2.56 bits per heavy atom. The van der Waals surface area contributed by atoms with E-state index in [9.17, 15) is 5.11 Å². The lowest BCUT2D eigenvalue weighted by Gasteiger charge is -2.20. The van der Waals surface area contributed by atoms with Gasteiger partial charge in [-0.3, -0.25) is 0 Å². The van der Waals surface area contributed by atoms with Crippen LogP contribution in [0.1, 0.15) is 26.7 Å². The second-order valence-corrected chi connectivity index (χ2v) is 4.59. The second-order valence-electron chi connectivity index (χ2n) is 4.59. The van der Waals surface area contributed by atoms with Crippen LogP contribution in [0.5, 0.6) is 0 Å². The molecule has 98 valence electrons. The van der Waals surface area contributed by atoms with Gasteiger partial charge in [0.25, 0.3) is 0 Å². The summed E-state index contributed by atoms with van der Waals surface area (Å²) in [5, 5.41) is 12.6. The summed E-state index contributed by atoms with van der Waals surface area (Å²) in [6.45, 7) is 7.54. The summed E-state index contributed by atoms with van der Waals surface area (Å²) >= 11 is 0. The van der Waals surface area contributed by atoms with Crippen LogP contribution in [-0.2, 0) is 4.74 Å². The Morgan fingerprint density at radius 2 is 2.00 bits per heavy atom. The Hall–Kier alpha value is -0.160. The van der Waals surface area contributed by atoms with Crippen LogP contribution in [0.2, 0.25) is 0 Å². The van der Waals surface area contributed by atoms with Crippen LogP contribution in [0.4, 0.5) is 0 Å². The van der Waals surface area contributed by atoms with Crippen LogP contribution in [0, 0.1) is 0 Å². The number of ether oxygens (including phenoxy) is 1. The third kappa shape index (κ3) is 9.09. The number of aliphatic hydroxyl groups is 1. The molecule has 16 heavy (non-hydrogen) atoms. The maximum absolute atomic E-state index is 9.37. The average Bonchev–Trinajstić information content (AvgIpc) is 2.23. The van der Waals surface area contributed by atoms with Gasteiger partial charge in [0.2, 0.25) is 0 Å². The number of nitrogens with zero attached hydrogens (tertiary/aromatic N) is 1. The van der Waals surface area contributed by atoms with Crippen molar-refractivity contribution in [2.75, 3.05) is 40.4 Å². The molecule has 0 fully saturated rings. The summed E-state index contributed by atoms with van der Waals surface area (Å²) in [5.41, 5.74) is 0. The summed E-state index contributed by atoms with van der Waals surface area (Å²) in [4.78, 5) is 2.35. The minimum absolute atomic E-state index is 0.386. The highest BCUT2D eigenvalue weighted by Gasteiger charge is 2.03. The molecule has 0 aromatic heterocycles. The van der Waals surface area contributed by atoms with Crippen molar-refractivity contribution in [1.29, 1.82) is 0 Å². The fourth-order valence-electron chi connectivity index (χ4n) is 1.39.